The van der Waals surface area contributed by atoms with Gasteiger partial charge in [-0.2, -0.15) is 0 Å². The summed E-state index contributed by atoms with van der Waals surface area (Å²) in [7, 11) is 1.26. The largest absolute Gasteiger partial charge is 0.465 e. The summed E-state index contributed by atoms with van der Waals surface area (Å²) in [6, 6.07) is 0. The molecular weight excluding hydrogens is 136 g/mol. The molecule has 1 rings (SSSR count). The molecule has 0 unspecified atom stereocenters. The highest BCUT2D eigenvalue weighted by atomic mass is 16.5. The van der Waals surface area contributed by atoms with Crippen molar-refractivity contribution in [3.63, 3.8) is 0 Å². The summed E-state index contributed by atoms with van der Waals surface area (Å²) in [6.45, 7) is 0. The van der Waals surface area contributed by atoms with E-state index >= 15 is 0 Å². The van der Waals surface area contributed by atoms with Gasteiger partial charge in [0.25, 0.3) is 0 Å². The van der Waals surface area contributed by atoms with E-state index in [1.807, 2.05) is 0 Å². The average molecular weight is 142 g/mol. The lowest BCUT2D eigenvalue weighted by Crippen LogP contribution is -2.02. The molecule has 0 aromatic carbocycles. The third-order valence-corrected chi connectivity index (χ3v) is 1.00. The van der Waals surface area contributed by atoms with Gasteiger partial charge in [0.1, 0.15) is 11.8 Å². The monoisotopic (exact) mass is 142 g/mol. The minimum absolute atomic E-state index is 0.0480. The standard InChI is InChI=1S/C5H6N2O3/c1-9-5(8)3-2-10-7-4(3)6/h2H,1H3,(H2,6,7). The van der Waals surface area contributed by atoms with Crippen LogP contribution in [0.4, 0.5) is 5.82 Å². The number of hydrogen-bond donors (Lipinski definition) is 1. The first-order valence-electron chi connectivity index (χ1n) is 2.54. The maximum atomic E-state index is 10.7. The van der Waals surface area contributed by atoms with Crippen LogP contribution in [0.3, 0.4) is 0 Å². The van der Waals surface area contributed by atoms with Crippen LogP contribution in [-0.4, -0.2) is 18.2 Å². The molecule has 0 radical (unpaired) electrons. The molecule has 1 aromatic rings. The molecule has 1 heterocycles. The molecule has 0 amide bonds. The zero-order valence-corrected chi connectivity index (χ0v) is 5.33. The number of esters is 1. The summed E-state index contributed by atoms with van der Waals surface area (Å²) >= 11 is 0. The Labute approximate surface area is 56.7 Å². The molecule has 1 aromatic heterocycles. The summed E-state index contributed by atoms with van der Waals surface area (Å²) in [5.41, 5.74) is 5.37. The van der Waals surface area contributed by atoms with Crippen LogP contribution in [-0.2, 0) is 4.74 Å². The van der Waals surface area contributed by atoms with Crippen molar-refractivity contribution < 1.29 is 14.1 Å². The molecule has 10 heavy (non-hydrogen) atoms. The molecule has 0 aliphatic heterocycles. The van der Waals surface area contributed by atoms with E-state index in [1.165, 1.54) is 7.11 Å². The van der Waals surface area contributed by atoms with Crippen molar-refractivity contribution in [3.8, 4) is 0 Å². The quantitative estimate of drug-likeness (QED) is 0.560. The van der Waals surface area contributed by atoms with Crippen LogP contribution < -0.4 is 5.73 Å². The number of carbonyl (C=O) groups is 1. The summed E-state index contributed by atoms with van der Waals surface area (Å²) < 4.78 is 8.75. The van der Waals surface area contributed by atoms with Crippen LogP contribution in [0.2, 0.25) is 0 Å². The van der Waals surface area contributed by atoms with Gasteiger partial charge < -0.3 is 15.0 Å². The van der Waals surface area contributed by atoms with Gasteiger partial charge >= 0.3 is 5.97 Å². The van der Waals surface area contributed by atoms with Crippen molar-refractivity contribution in [1.82, 2.24) is 5.16 Å². The Morgan fingerprint density at radius 1 is 1.90 bits per heavy atom. The fourth-order valence-corrected chi connectivity index (χ4v) is 0.508. The molecule has 0 atom stereocenters. The topological polar surface area (TPSA) is 78.3 Å². The maximum Gasteiger partial charge on any atom is 0.345 e. The second kappa shape index (κ2) is 2.38. The van der Waals surface area contributed by atoms with Gasteiger partial charge in [-0.15, -0.1) is 0 Å². The molecular formula is C5H6N2O3. The van der Waals surface area contributed by atoms with Crippen LogP contribution in [0.25, 0.3) is 0 Å². The molecule has 2 N–H and O–H groups in total. The zero-order chi connectivity index (χ0) is 7.56. The van der Waals surface area contributed by atoms with Crippen LogP contribution >= 0.6 is 0 Å². The third-order valence-electron chi connectivity index (χ3n) is 1.00. The molecule has 0 bridgehead atoms. The van der Waals surface area contributed by atoms with Gasteiger partial charge in [-0.1, -0.05) is 5.16 Å². The Kier molecular flexibility index (Phi) is 1.57. The van der Waals surface area contributed by atoms with Crippen LogP contribution in [0.5, 0.6) is 0 Å². The Morgan fingerprint density at radius 3 is 3.00 bits per heavy atom. The molecule has 0 saturated heterocycles. The van der Waals surface area contributed by atoms with E-state index in [9.17, 15) is 4.79 Å². The first-order chi connectivity index (χ1) is 4.75. The molecule has 0 aliphatic carbocycles. The summed E-state index contributed by atoms with van der Waals surface area (Å²) in [4.78, 5) is 10.7. The van der Waals surface area contributed by atoms with Crippen molar-refractivity contribution in [2.45, 2.75) is 0 Å². The zero-order valence-electron chi connectivity index (χ0n) is 5.33. The smallest absolute Gasteiger partial charge is 0.345 e. The molecule has 0 saturated carbocycles. The fourth-order valence-electron chi connectivity index (χ4n) is 0.508. The number of nitrogens with two attached hydrogens (primary N) is 1. The van der Waals surface area contributed by atoms with E-state index in [1.54, 1.807) is 0 Å². The number of ether oxygens (including phenoxy) is 1. The summed E-state index contributed by atoms with van der Waals surface area (Å²) in [5, 5.41) is 3.29. The Balaban J connectivity index is 2.93. The Bertz CT molecular complexity index is 243. The minimum atomic E-state index is -0.543. The van der Waals surface area contributed by atoms with Gasteiger partial charge in [0.2, 0.25) is 0 Å². The molecule has 0 spiro atoms. The number of methoxy groups -OCH3 is 1. The van der Waals surface area contributed by atoms with E-state index in [0.717, 1.165) is 6.26 Å². The summed E-state index contributed by atoms with van der Waals surface area (Å²) in [6.07, 6.45) is 1.14. The van der Waals surface area contributed by atoms with Crippen molar-refractivity contribution >= 4 is 11.8 Å². The Hall–Kier alpha value is -1.52. The number of nitrogen functional groups attached to an aromatic ring is 1. The Morgan fingerprint density at radius 2 is 2.60 bits per heavy atom. The van der Waals surface area contributed by atoms with E-state index in [2.05, 4.69) is 14.4 Å². The van der Waals surface area contributed by atoms with Crippen molar-refractivity contribution in [3.05, 3.63) is 11.8 Å². The highest BCUT2D eigenvalue weighted by Gasteiger charge is 2.12. The van der Waals surface area contributed by atoms with Gasteiger partial charge in [-0.05, 0) is 0 Å². The first-order valence-corrected chi connectivity index (χ1v) is 2.54. The number of rotatable bonds is 1. The number of anilines is 1. The molecule has 5 heteroatoms. The predicted octanol–water partition coefficient (Wildman–Crippen LogP) is 0.0434. The minimum Gasteiger partial charge on any atom is -0.465 e. The maximum absolute atomic E-state index is 10.7. The van der Waals surface area contributed by atoms with Crippen molar-refractivity contribution in [1.29, 1.82) is 0 Å². The number of carbonyl (C=O) groups excluding carboxylic acids is 1. The van der Waals surface area contributed by atoms with Crippen molar-refractivity contribution in [2.24, 2.45) is 0 Å². The van der Waals surface area contributed by atoms with Crippen LogP contribution in [0.15, 0.2) is 10.8 Å². The van der Waals surface area contributed by atoms with Crippen LogP contribution in [0, 0.1) is 0 Å². The van der Waals surface area contributed by atoms with E-state index in [4.69, 9.17) is 5.73 Å². The van der Waals surface area contributed by atoms with Gasteiger partial charge in [0, 0.05) is 0 Å². The normalized spacial score (nSPS) is 9.30. The van der Waals surface area contributed by atoms with Crippen molar-refractivity contribution in [2.75, 3.05) is 12.8 Å². The fraction of sp³-hybridized carbons (Fsp3) is 0.200. The lowest BCUT2D eigenvalue weighted by molar-refractivity contribution is 0.0601. The average Bonchev–Trinajstić information content (AvgIpc) is 2.34. The van der Waals surface area contributed by atoms with E-state index in [0.29, 0.717) is 0 Å². The lowest BCUT2D eigenvalue weighted by atomic mass is 10.3. The first kappa shape index (κ1) is 6.60. The van der Waals surface area contributed by atoms with Gasteiger partial charge in [0.05, 0.1) is 7.11 Å². The van der Waals surface area contributed by atoms with E-state index < -0.39 is 5.97 Å². The highest BCUT2D eigenvalue weighted by molar-refractivity contribution is 5.93. The lowest BCUT2D eigenvalue weighted by Gasteiger charge is -1.91. The molecule has 5 nitrogen and oxygen atoms in total. The SMILES string of the molecule is COC(=O)c1conc1N. The van der Waals surface area contributed by atoms with Crippen LogP contribution in [0.1, 0.15) is 10.4 Å². The molecule has 54 valence electrons. The van der Waals surface area contributed by atoms with E-state index in [-0.39, 0.29) is 11.4 Å². The van der Waals surface area contributed by atoms with Gasteiger partial charge in [-0.3, -0.25) is 0 Å². The molecule has 0 aliphatic rings. The number of aromatic nitrogens is 1. The molecule has 0 fully saturated rings. The van der Waals surface area contributed by atoms with Gasteiger partial charge in [-0.25, -0.2) is 4.79 Å². The third kappa shape index (κ3) is 0.928. The number of nitrogens with zero attached hydrogens (tertiary/aromatic N) is 1. The second-order valence-electron chi connectivity index (χ2n) is 1.61. The summed E-state index contributed by atoms with van der Waals surface area (Å²) in [5.74, 6) is -0.495. The van der Waals surface area contributed by atoms with Gasteiger partial charge in [0.15, 0.2) is 5.82 Å². The predicted molar refractivity (Wildman–Crippen MR) is 32.3 cm³/mol. The second-order valence-corrected chi connectivity index (χ2v) is 1.61. The highest BCUT2D eigenvalue weighted by Crippen LogP contribution is 2.08. The number of hydrogen-bond acceptors (Lipinski definition) is 5.